The molecule has 2 aromatic rings. The van der Waals surface area contributed by atoms with Gasteiger partial charge in [0.1, 0.15) is 5.75 Å². The van der Waals surface area contributed by atoms with E-state index in [1.54, 1.807) is 59.0 Å². The summed E-state index contributed by atoms with van der Waals surface area (Å²) < 4.78 is 33.3. The normalized spacial score (nSPS) is 10.6. The van der Waals surface area contributed by atoms with Crippen molar-refractivity contribution in [3.8, 4) is 16.9 Å². The number of ether oxygens (including phenoxy) is 1. The largest absolute Gasteiger partial charge is 0.494 e. The van der Waals surface area contributed by atoms with Gasteiger partial charge in [0.15, 0.2) is 11.6 Å². The average Bonchev–Trinajstić information content (AvgIpc) is 2.46. The van der Waals surface area contributed by atoms with Crippen molar-refractivity contribution in [3.63, 3.8) is 0 Å². The minimum atomic E-state index is -0.809. The van der Waals surface area contributed by atoms with Crippen LogP contribution in [-0.2, 0) is 0 Å². The minimum Gasteiger partial charge on any atom is -0.494 e. The van der Waals surface area contributed by atoms with Crippen LogP contribution in [0.3, 0.4) is 0 Å². The van der Waals surface area contributed by atoms with Gasteiger partial charge in [0.2, 0.25) is 0 Å². The lowest BCUT2D eigenvalue weighted by Gasteiger charge is -2.08. The molecule has 0 spiro atoms. The molecule has 0 saturated heterocycles. The van der Waals surface area contributed by atoms with E-state index in [1.165, 1.54) is 0 Å². The van der Waals surface area contributed by atoms with E-state index >= 15 is 0 Å². The maximum absolute atomic E-state index is 13.9. The highest BCUT2D eigenvalue weighted by atomic mass is 127. The van der Waals surface area contributed by atoms with Gasteiger partial charge in [-0.15, -0.1) is 0 Å². The van der Waals surface area contributed by atoms with E-state index in [0.29, 0.717) is 12.2 Å². The van der Waals surface area contributed by atoms with Gasteiger partial charge in [-0.25, -0.2) is 8.78 Å². The molecule has 0 atom stereocenters. The smallest absolute Gasteiger partial charge is 0.172 e. The molecule has 0 radical (unpaired) electrons. The molecule has 0 aliphatic carbocycles. The molecule has 0 heterocycles. The molecule has 0 unspecified atom stereocenters. The van der Waals surface area contributed by atoms with Crippen LogP contribution >= 0.6 is 22.6 Å². The monoisotopic (exact) mass is 388 g/mol. The third-order valence-electron chi connectivity index (χ3n) is 2.97. The first-order valence-electron chi connectivity index (χ1n) is 6.50. The third kappa shape index (κ3) is 3.48. The van der Waals surface area contributed by atoms with E-state index in [4.69, 9.17) is 4.74 Å². The average molecular weight is 388 g/mol. The summed E-state index contributed by atoms with van der Waals surface area (Å²) >= 11 is 1.78. The maximum Gasteiger partial charge on any atom is 0.172 e. The van der Waals surface area contributed by atoms with Crippen LogP contribution in [0.1, 0.15) is 19.8 Å². The predicted molar refractivity (Wildman–Crippen MR) is 84.9 cm³/mol. The lowest BCUT2D eigenvalue weighted by atomic mass is 10.0. The molecule has 0 amide bonds. The van der Waals surface area contributed by atoms with Crippen LogP contribution in [0, 0.1) is 15.2 Å². The Bertz CT molecular complexity index is 582. The van der Waals surface area contributed by atoms with E-state index in [9.17, 15) is 8.78 Å². The minimum absolute atomic E-state index is 0.267. The Balaban J connectivity index is 2.20. The molecule has 2 rings (SSSR count). The zero-order valence-electron chi connectivity index (χ0n) is 11.1. The second-order valence-corrected chi connectivity index (χ2v) is 5.61. The van der Waals surface area contributed by atoms with E-state index in [2.05, 4.69) is 6.92 Å². The van der Waals surface area contributed by atoms with Crippen molar-refractivity contribution in [1.82, 2.24) is 0 Å². The van der Waals surface area contributed by atoms with Crippen molar-refractivity contribution < 1.29 is 13.5 Å². The molecular formula is C16H15F2IO. The van der Waals surface area contributed by atoms with Crippen LogP contribution in [0.4, 0.5) is 8.78 Å². The highest BCUT2D eigenvalue weighted by Gasteiger charge is 2.13. The molecule has 0 bridgehead atoms. The Hall–Kier alpha value is -1.17. The van der Waals surface area contributed by atoms with Gasteiger partial charge in [0, 0.05) is 5.56 Å². The van der Waals surface area contributed by atoms with Crippen LogP contribution in [0.2, 0.25) is 0 Å². The summed E-state index contributed by atoms with van der Waals surface area (Å²) in [5, 5.41) is 0. The second-order valence-electron chi connectivity index (χ2n) is 4.45. The van der Waals surface area contributed by atoms with E-state index < -0.39 is 11.6 Å². The highest BCUT2D eigenvalue weighted by molar-refractivity contribution is 14.1. The summed E-state index contributed by atoms with van der Waals surface area (Å²) in [6.07, 6.45) is 2.07. The van der Waals surface area contributed by atoms with Gasteiger partial charge in [0.05, 0.1) is 10.2 Å². The Morgan fingerprint density at radius 2 is 1.70 bits per heavy atom. The van der Waals surface area contributed by atoms with E-state index in [0.717, 1.165) is 18.6 Å². The molecule has 0 fully saturated rings. The topological polar surface area (TPSA) is 9.23 Å². The van der Waals surface area contributed by atoms with Crippen LogP contribution in [0.25, 0.3) is 11.1 Å². The summed E-state index contributed by atoms with van der Waals surface area (Å²) in [6, 6.07) is 10.2. The van der Waals surface area contributed by atoms with Gasteiger partial charge in [-0.2, -0.15) is 0 Å². The number of rotatable bonds is 5. The van der Waals surface area contributed by atoms with Crippen LogP contribution < -0.4 is 4.74 Å². The molecular weight excluding hydrogens is 373 g/mol. The standard InChI is InChI=1S/C16H15F2IO/c1-2-3-10-20-12-6-4-11(5-7-12)13-8-9-14(19)16(18)15(13)17/h4-9H,2-3,10H2,1H3. The molecule has 1 nitrogen and oxygen atoms in total. The van der Waals surface area contributed by atoms with Gasteiger partial charge in [-0.05, 0) is 52.8 Å². The summed E-state index contributed by atoms with van der Waals surface area (Å²) in [7, 11) is 0. The fraction of sp³-hybridized carbons (Fsp3) is 0.250. The van der Waals surface area contributed by atoms with Crippen molar-refractivity contribution in [2.45, 2.75) is 19.8 Å². The van der Waals surface area contributed by atoms with Crippen molar-refractivity contribution in [2.75, 3.05) is 6.61 Å². The molecule has 0 aliphatic rings. The molecule has 2 aromatic carbocycles. The van der Waals surface area contributed by atoms with Crippen LogP contribution in [0.5, 0.6) is 5.75 Å². The number of hydrogen-bond donors (Lipinski definition) is 0. The van der Waals surface area contributed by atoms with Crippen molar-refractivity contribution in [2.24, 2.45) is 0 Å². The molecule has 106 valence electrons. The van der Waals surface area contributed by atoms with E-state index in [-0.39, 0.29) is 9.13 Å². The number of halogens is 3. The SMILES string of the molecule is CCCCOc1ccc(-c2ccc(I)c(F)c2F)cc1. The Kier molecular flexibility index (Phi) is 5.34. The quantitative estimate of drug-likeness (QED) is 0.378. The first-order chi connectivity index (χ1) is 9.63. The third-order valence-corrected chi connectivity index (χ3v) is 3.80. The molecule has 4 heteroatoms. The van der Waals surface area contributed by atoms with Gasteiger partial charge in [0.25, 0.3) is 0 Å². The summed E-state index contributed by atoms with van der Waals surface area (Å²) in [6.45, 7) is 2.77. The summed E-state index contributed by atoms with van der Waals surface area (Å²) in [5.41, 5.74) is 0.906. The highest BCUT2D eigenvalue weighted by Crippen LogP contribution is 2.28. The maximum atomic E-state index is 13.9. The Labute approximate surface area is 131 Å². The lowest BCUT2D eigenvalue weighted by molar-refractivity contribution is 0.309. The van der Waals surface area contributed by atoms with Crippen molar-refractivity contribution >= 4 is 22.6 Å². The first-order valence-corrected chi connectivity index (χ1v) is 7.58. The fourth-order valence-corrected chi connectivity index (χ4v) is 2.23. The van der Waals surface area contributed by atoms with Gasteiger partial charge in [-0.1, -0.05) is 31.5 Å². The van der Waals surface area contributed by atoms with Crippen LogP contribution in [-0.4, -0.2) is 6.61 Å². The Morgan fingerprint density at radius 3 is 2.35 bits per heavy atom. The molecule has 0 saturated carbocycles. The predicted octanol–water partition coefficient (Wildman–Crippen LogP) is 5.42. The Morgan fingerprint density at radius 1 is 1.00 bits per heavy atom. The van der Waals surface area contributed by atoms with Crippen molar-refractivity contribution in [3.05, 3.63) is 51.6 Å². The van der Waals surface area contributed by atoms with Crippen molar-refractivity contribution in [1.29, 1.82) is 0 Å². The zero-order valence-corrected chi connectivity index (χ0v) is 13.3. The molecule has 20 heavy (non-hydrogen) atoms. The number of benzene rings is 2. The zero-order chi connectivity index (χ0) is 14.5. The van der Waals surface area contributed by atoms with Gasteiger partial charge in [-0.3, -0.25) is 0 Å². The second kappa shape index (κ2) is 7.02. The number of unbranched alkanes of at least 4 members (excludes halogenated alkanes) is 1. The fourth-order valence-electron chi connectivity index (χ4n) is 1.81. The molecule has 0 aromatic heterocycles. The van der Waals surface area contributed by atoms with Gasteiger partial charge >= 0.3 is 0 Å². The molecule has 0 N–H and O–H groups in total. The molecule has 0 aliphatic heterocycles. The first kappa shape index (κ1) is 15.2. The lowest BCUT2D eigenvalue weighted by Crippen LogP contribution is -1.96. The van der Waals surface area contributed by atoms with Gasteiger partial charge < -0.3 is 4.74 Å². The summed E-state index contributed by atoms with van der Waals surface area (Å²) in [5.74, 6) is -0.864. The number of hydrogen-bond acceptors (Lipinski definition) is 1. The van der Waals surface area contributed by atoms with E-state index in [1.807, 2.05) is 0 Å². The summed E-state index contributed by atoms with van der Waals surface area (Å²) in [4.78, 5) is 0. The van der Waals surface area contributed by atoms with Crippen LogP contribution in [0.15, 0.2) is 36.4 Å².